The summed E-state index contributed by atoms with van der Waals surface area (Å²) in [5.41, 5.74) is 1.41. The minimum Gasteiger partial charge on any atom is -0.310 e. The Hall–Kier alpha value is -1.49. The van der Waals surface area contributed by atoms with E-state index in [1.54, 1.807) is 11.3 Å². The van der Waals surface area contributed by atoms with Gasteiger partial charge in [-0.3, -0.25) is 4.79 Å². The predicted octanol–water partition coefficient (Wildman–Crippen LogP) is 2.08. The smallest absolute Gasteiger partial charge is 0.251 e. The van der Waals surface area contributed by atoms with Gasteiger partial charge in [-0.15, -0.1) is 11.3 Å². The molecule has 1 aliphatic rings. The number of aromatic nitrogens is 3. The minimum absolute atomic E-state index is 0.0856. The lowest BCUT2D eigenvalue weighted by molar-refractivity contribution is 0.910. The number of nitrogens with zero attached hydrogens (tertiary/aromatic N) is 2. The number of aromatic amines is 1. The Bertz CT molecular complexity index is 583. The molecule has 0 bridgehead atoms. The Balaban J connectivity index is 2.09. The van der Waals surface area contributed by atoms with Crippen molar-refractivity contribution in [2.75, 3.05) is 0 Å². The molecule has 0 radical (unpaired) electrons. The average molecular weight is 233 g/mol. The SMILES string of the molecule is Cc1nc(-c2cc(=O)[nH]c(C3CC3)n2)cs1. The molecule has 1 aliphatic carbocycles. The van der Waals surface area contributed by atoms with Crippen molar-refractivity contribution < 1.29 is 0 Å². The topological polar surface area (TPSA) is 58.6 Å². The van der Waals surface area contributed by atoms with Crippen LogP contribution in [0, 0.1) is 6.92 Å². The van der Waals surface area contributed by atoms with E-state index in [9.17, 15) is 4.79 Å². The fourth-order valence-corrected chi connectivity index (χ4v) is 2.25. The molecule has 0 unspecified atom stereocenters. The van der Waals surface area contributed by atoms with E-state index in [1.165, 1.54) is 6.07 Å². The molecule has 1 N–H and O–H groups in total. The van der Waals surface area contributed by atoms with Crippen molar-refractivity contribution in [1.29, 1.82) is 0 Å². The van der Waals surface area contributed by atoms with Gasteiger partial charge >= 0.3 is 0 Å². The summed E-state index contributed by atoms with van der Waals surface area (Å²) in [4.78, 5) is 23.1. The van der Waals surface area contributed by atoms with Gasteiger partial charge in [0.2, 0.25) is 0 Å². The first-order valence-electron chi connectivity index (χ1n) is 5.26. The Morgan fingerprint density at radius 2 is 2.19 bits per heavy atom. The Morgan fingerprint density at radius 3 is 2.81 bits per heavy atom. The highest BCUT2D eigenvalue weighted by Crippen LogP contribution is 2.37. The second-order valence-corrected chi connectivity index (χ2v) is 5.10. The van der Waals surface area contributed by atoms with Gasteiger partial charge in [0.15, 0.2) is 0 Å². The Morgan fingerprint density at radius 1 is 1.38 bits per heavy atom. The Kier molecular flexibility index (Phi) is 2.14. The summed E-state index contributed by atoms with van der Waals surface area (Å²) in [5.74, 6) is 1.26. The molecule has 0 spiro atoms. The summed E-state index contributed by atoms with van der Waals surface area (Å²) in [6.45, 7) is 1.95. The first-order chi connectivity index (χ1) is 7.72. The first-order valence-corrected chi connectivity index (χ1v) is 6.14. The molecule has 0 aliphatic heterocycles. The largest absolute Gasteiger partial charge is 0.310 e. The lowest BCUT2D eigenvalue weighted by atomic mass is 10.3. The molecule has 4 nitrogen and oxygen atoms in total. The lowest BCUT2D eigenvalue weighted by Gasteiger charge is -2.00. The van der Waals surface area contributed by atoms with Gasteiger partial charge in [0.1, 0.15) is 11.5 Å². The highest BCUT2D eigenvalue weighted by molar-refractivity contribution is 7.09. The van der Waals surface area contributed by atoms with Crippen LogP contribution in [0.15, 0.2) is 16.2 Å². The van der Waals surface area contributed by atoms with Gasteiger partial charge in [0.25, 0.3) is 5.56 Å². The number of hydrogen-bond donors (Lipinski definition) is 1. The second-order valence-electron chi connectivity index (χ2n) is 4.04. The number of rotatable bonds is 2. The van der Waals surface area contributed by atoms with Crippen molar-refractivity contribution in [2.24, 2.45) is 0 Å². The average Bonchev–Trinajstić information content (AvgIpc) is 3.01. The van der Waals surface area contributed by atoms with Gasteiger partial charge in [-0.1, -0.05) is 0 Å². The molecule has 3 rings (SSSR count). The number of hydrogen-bond acceptors (Lipinski definition) is 4. The third-order valence-electron chi connectivity index (χ3n) is 2.61. The van der Waals surface area contributed by atoms with E-state index in [0.717, 1.165) is 29.4 Å². The van der Waals surface area contributed by atoms with Crippen molar-refractivity contribution in [3.8, 4) is 11.4 Å². The standard InChI is InChI=1S/C11H11N3OS/c1-6-12-9(5-16-6)8-4-10(15)14-11(13-8)7-2-3-7/h4-5,7H,2-3H2,1H3,(H,13,14,15). The fraction of sp³-hybridized carbons (Fsp3) is 0.364. The monoisotopic (exact) mass is 233 g/mol. The van der Waals surface area contributed by atoms with Crippen molar-refractivity contribution >= 4 is 11.3 Å². The van der Waals surface area contributed by atoms with Crippen molar-refractivity contribution in [3.63, 3.8) is 0 Å². The molecule has 1 fully saturated rings. The van der Waals surface area contributed by atoms with E-state index in [0.29, 0.717) is 11.6 Å². The number of H-pyrrole nitrogens is 1. The summed E-state index contributed by atoms with van der Waals surface area (Å²) in [6.07, 6.45) is 2.25. The van der Waals surface area contributed by atoms with Crippen LogP contribution in [0.1, 0.15) is 29.6 Å². The summed E-state index contributed by atoms with van der Waals surface area (Å²) >= 11 is 1.57. The summed E-state index contributed by atoms with van der Waals surface area (Å²) in [7, 11) is 0. The molecule has 2 aromatic heterocycles. The second kappa shape index (κ2) is 3.52. The van der Waals surface area contributed by atoms with Crippen LogP contribution in [0.2, 0.25) is 0 Å². The normalized spacial score (nSPS) is 15.3. The van der Waals surface area contributed by atoms with Crippen LogP contribution in [-0.2, 0) is 0 Å². The molecule has 0 atom stereocenters. The molecule has 0 amide bonds. The zero-order valence-electron chi connectivity index (χ0n) is 8.86. The quantitative estimate of drug-likeness (QED) is 0.864. The lowest BCUT2D eigenvalue weighted by Crippen LogP contribution is -2.10. The molecular formula is C11H11N3OS. The highest BCUT2D eigenvalue weighted by Gasteiger charge is 2.26. The number of thiazole rings is 1. The summed E-state index contributed by atoms with van der Waals surface area (Å²) in [5, 5.41) is 2.93. The van der Waals surface area contributed by atoms with Crippen LogP contribution in [-0.4, -0.2) is 15.0 Å². The summed E-state index contributed by atoms with van der Waals surface area (Å²) < 4.78 is 0. The molecule has 5 heteroatoms. The van der Waals surface area contributed by atoms with Crippen molar-refractivity contribution in [2.45, 2.75) is 25.7 Å². The molecule has 16 heavy (non-hydrogen) atoms. The van der Waals surface area contributed by atoms with Gasteiger partial charge in [-0.05, 0) is 19.8 Å². The van der Waals surface area contributed by atoms with E-state index in [4.69, 9.17) is 0 Å². The first kappa shape index (κ1) is 9.72. The summed E-state index contributed by atoms with van der Waals surface area (Å²) in [6, 6.07) is 1.51. The zero-order chi connectivity index (χ0) is 11.1. The van der Waals surface area contributed by atoms with E-state index in [1.807, 2.05) is 12.3 Å². The van der Waals surface area contributed by atoms with Gasteiger partial charge in [-0.2, -0.15) is 0 Å². The van der Waals surface area contributed by atoms with Gasteiger partial charge in [-0.25, -0.2) is 9.97 Å². The maximum absolute atomic E-state index is 11.5. The van der Waals surface area contributed by atoms with Crippen LogP contribution in [0.3, 0.4) is 0 Å². The molecule has 0 aromatic carbocycles. The van der Waals surface area contributed by atoms with Gasteiger partial charge in [0.05, 0.1) is 10.7 Å². The third-order valence-corrected chi connectivity index (χ3v) is 3.38. The maximum atomic E-state index is 11.5. The van der Waals surface area contributed by atoms with E-state index >= 15 is 0 Å². The highest BCUT2D eigenvalue weighted by atomic mass is 32.1. The van der Waals surface area contributed by atoms with E-state index in [2.05, 4.69) is 15.0 Å². The molecule has 2 heterocycles. The molecule has 0 saturated heterocycles. The van der Waals surface area contributed by atoms with Crippen LogP contribution in [0.4, 0.5) is 0 Å². The van der Waals surface area contributed by atoms with Gasteiger partial charge < -0.3 is 4.98 Å². The number of nitrogens with one attached hydrogen (secondary N) is 1. The predicted molar refractivity (Wildman–Crippen MR) is 62.7 cm³/mol. The zero-order valence-corrected chi connectivity index (χ0v) is 9.67. The minimum atomic E-state index is -0.0856. The Labute approximate surface area is 96.4 Å². The van der Waals surface area contributed by atoms with Crippen LogP contribution in [0.5, 0.6) is 0 Å². The van der Waals surface area contributed by atoms with Crippen LogP contribution < -0.4 is 5.56 Å². The van der Waals surface area contributed by atoms with Crippen molar-refractivity contribution in [1.82, 2.24) is 15.0 Å². The maximum Gasteiger partial charge on any atom is 0.251 e. The molecular weight excluding hydrogens is 222 g/mol. The van der Waals surface area contributed by atoms with Crippen molar-refractivity contribution in [3.05, 3.63) is 32.6 Å². The number of aryl methyl sites for hydroxylation is 1. The van der Waals surface area contributed by atoms with E-state index in [-0.39, 0.29) is 5.56 Å². The third kappa shape index (κ3) is 1.78. The van der Waals surface area contributed by atoms with E-state index < -0.39 is 0 Å². The van der Waals surface area contributed by atoms with Gasteiger partial charge in [0, 0.05) is 17.4 Å². The van der Waals surface area contributed by atoms with Crippen LogP contribution in [0.25, 0.3) is 11.4 Å². The molecule has 82 valence electrons. The molecule has 1 saturated carbocycles. The fourth-order valence-electron chi connectivity index (χ4n) is 1.64. The molecule has 2 aromatic rings. The van der Waals surface area contributed by atoms with Crippen LogP contribution >= 0.6 is 11.3 Å².